The fourth-order valence-corrected chi connectivity index (χ4v) is 5.81. The van der Waals surface area contributed by atoms with Crippen molar-refractivity contribution >= 4 is 78.7 Å². The molecule has 0 saturated carbocycles. The van der Waals surface area contributed by atoms with Gasteiger partial charge in [-0.3, -0.25) is 14.5 Å². The molecule has 0 radical (unpaired) electrons. The summed E-state index contributed by atoms with van der Waals surface area (Å²) < 4.78 is 0.796. The van der Waals surface area contributed by atoms with E-state index in [0.717, 1.165) is 9.58 Å². The summed E-state index contributed by atoms with van der Waals surface area (Å²) in [5.74, 6) is -1.79. The maximum absolute atomic E-state index is 13.1. The number of carbonyl (C=O) groups is 2. The average Bonchev–Trinajstić information content (AvgIpc) is 3.46. The number of aromatic nitrogens is 1. The van der Waals surface area contributed by atoms with Gasteiger partial charge >= 0.3 is 5.91 Å². The third kappa shape index (κ3) is 3.43. The minimum atomic E-state index is -0.796. The van der Waals surface area contributed by atoms with E-state index >= 15 is 0 Å². The quantitative estimate of drug-likeness (QED) is 0.210. The molecule has 3 heterocycles. The second-order valence-corrected chi connectivity index (χ2v) is 9.66. The van der Waals surface area contributed by atoms with Gasteiger partial charge < -0.3 is 5.11 Å². The van der Waals surface area contributed by atoms with Crippen molar-refractivity contribution in [2.24, 2.45) is 0 Å². The Kier molecular flexibility index (Phi) is 5.06. The third-order valence-corrected chi connectivity index (χ3v) is 7.31. The second kappa shape index (κ2) is 7.76. The molecule has 1 N–H and O–H groups in total. The monoisotopic (exact) mass is 486 g/mol. The van der Waals surface area contributed by atoms with Crippen molar-refractivity contribution in [2.45, 2.75) is 6.04 Å². The minimum Gasteiger partial charge on any atom is -0.507 e. The molecular weight excluding hydrogens is 475 g/mol. The van der Waals surface area contributed by atoms with Gasteiger partial charge in [-0.25, -0.2) is 4.98 Å². The fraction of sp³-hybridized carbons (Fsp3) is 0.0455. The Morgan fingerprint density at radius 1 is 1.03 bits per heavy atom. The number of anilines is 1. The van der Waals surface area contributed by atoms with Crippen LogP contribution in [0.4, 0.5) is 5.13 Å². The van der Waals surface area contributed by atoms with Crippen LogP contribution in [-0.4, -0.2) is 21.8 Å². The minimum absolute atomic E-state index is 0.00649. The predicted octanol–water partition coefficient (Wildman–Crippen LogP) is 6.29. The van der Waals surface area contributed by atoms with Crippen LogP contribution < -0.4 is 4.90 Å². The zero-order valence-corrected chi connectivity index (χ0v) is 18.7. The van der Waals surface area contributed by atoms with Gasteiger partial charge in [0, 0.05) is 20.5 Å². The first-order valence-electron chi connectivity index (χ1n) is 9.10. The van der Waals surface area contributed by atoms with Crippen molar-refractivity contribution in [1.29, 1.82) is 0 Å². The lowest BCUT2D eigenvalue weighted by Gasteiger charge is -2.21. The molecule has 1 aliphatic heterocycles. The van der Waals surface area contributed by atoms with E-state index in [4.69, 9.17) is 23.2 Å². The lowest BCUT2D eigenvalue weighted by atomic mass is 10.00. The summed E-state index contributed by atoms with van der Waals surface area (Å²) in [5, 5.41) is 14.2. The molecule has 31 heavy (non-hydrogen) atoms. The number of aliphatic hydroxyl groups is 1. The lowest BCUT2D eigenvalue weighted by molar-refractivity contribution is -0.132. The summed E-state index contributed by atoms with van der Waals surface area (Å²) in [6.07, 6.45) is 0. The third-order valence-electron chi connectivity index (χ3n) is 4.90. The number of carbonyl (C=O) groups excluding carboxylic acids is 2. The first-order valence-corrected chi connectivity index (χ1v) is 11.6. The van der Waals surface area contributed by atoms with E-state index in [0.29, 0.717) is 26.3 Å². The number of benzene rings is 2. The zero-order chi connectivity index (χ0) is 21.7. The highest BCUT2D eigenvalue weighted by molar-refractivity contribution is 7.22. The number of aliphatic hydroxyl groups excluding tert-OH is 1. The summed E-state index contributed by atoms with van der Waals surface area (Å²) >= 11 is 14.8. The maximum Gasteiger partial charge on any atom is 0.301 e. The Balaban J connectivity index is 1.72. The van der Waals surface area contributed by atoms with Gasteiger partial charge in [-0.05, 0) is 41.8 Å². The molecule has 0 aliphatic carbocycles. The van der Waals surface area contributed by atoms with E-state index in [-0.39, 0.29) is 11.3 Å². The van der Waals surface area contributed by atoms with Crippen molar-refractivity contribution < 1.29 is 14.7 Å². The Morgan fingerprint density at radius 3 is 2.58 bits per heavy atom. The highest BCUT2D eigenvalue weighted by atomic mass is 35.5. The highest BCUT2D eigenvalue weighted by Crippen LogP contribution is 2.45. The fourth-order valence-electron chi connectivity index (χ4n) is 3.53. The van der Waals surface area contributed by atoms with Crippen molar-refractivity contribution in [2.75, 3.05) is 4.90 Å². The number of ketones is 1. The van der Waals surface area contributed by atoms with Crippen LogP contribution in [0, 0.1) is 0 Å². The topological polar surface area (TPSA) is 70.5 Å². The number of hydrogen-bond acceptors (Lipinski definition) is 6. The van der Waals surface area contributed by atoms with Gasteiger partial charge in [-0.2, -0.15) is 0 Å². The summed E-state index contributed by atoms with van der Waals surface area (Å²) in [5.41, 5.74) is 1.04. The van der Waals surface area contributed by atoms with Crippen LogP contribution in [0.5, 0.6) is 0 Å². The number of rotatable bonds is 3. The lowest BCUT2D eigenvalue weighted by Crippen LogP contribution is -2.28. The number of amides is 1. The Hall–Kier alpha value is -2.71. The van der Waals surface area contributed by atoms with E-state index in [9.17, 15) is 14.7 Å². The number of thiophene rings is 1. The van der Waals surface area contributed by atoms with Crippen LogP contribution in [-0.2, 0) is 9.59 Å². The molecule has 1 saturated heterocycles. The van der Waals surface area contributed by atoms with Crippen LogP contribution in [0.25, 0.3) is 16.0 Å². The summed E-state index contributed by atoms with van der Waals surface area (Å²) in [7, 11) is 0. The number of fused-ring (bicyclic) bond motifs is 1. The molecule has 0 spiro atoms. The SMILES string of the molecule is O=C1C(=O)N(c2nc3ccc(Cl)cc3s2)C(c2cccs2)/C1=C(\O)c1cccc(Cl)c1. The van der Waals surface area contributed by atoms with Gasteiger partial charge in [-0.1, -0.05) is 52.7 Å². The van der Waals surface area contributed by atoms with Crippen LogP contribution >= 0.6 is 45.9 Å². The second-order valence-electron chi connectivity index (χ2n) is 6.80. The van der Waals surface area contributed by atoms with E-state index in [1.54, 1.807) is 42.5 Å². The molecule has 2 aromatic carbocycles. The number of thiazole rings is 1. The van der Waals surface area contributed by atoms with Gasteiger partial charge in [0.2, 0.25) is 0 Å². The Bertz CT molecular complexity index is 1380. The van der Waals surface area contributed by atoms with E-state index < -0.39 is 17.7 Å². The first kappa shape index (κ1) is 20.2. The largest absolute Gasteiger partial charge is 0.507 e. The average molecular weight is 487 g/mol. The smallest absolute Gasteiger partial charge is 0.301 e. The predicted molar refractivity (Wildman–Crippen MR) is 125 cm³/mol. The van der Waals surface area contributed by atoms with E-state index in [1.165, 1.54) is 27.6 Å². The number of hydrogen-bond donors (Lipinski definition) is 1. The van der Waals surface area contributed by atoms with E-state index in [2.05, 4.69) is 4.98 Å². The molecule has 1 fully saturated rings. The molecule has 0 bridgehead atoms. The molecule has 9 heteroatoms. The molecule has 4 aromatic rings. The van der Waals surface area contributed by atoms with Crippen molar-refractivity contribution in [3.8, 4) is 0 Å². The highest BCUT2D eigenvalue weighted by Gasteiger charge is 2.48. The summed E-state index contributed by atoms with van der Waals surface area (Å²) in [4.78, 5) is 32.8. The Morgan fingerprint density at radius 2 is 1.84 bits per heavy atom. The molecule has 1 atom stereocenters. The van der Waals surface area contributed by atoms with Crippen LogP contribution in [0.1, 0.15) is 16.5 Å². The molecule has 5 rings (SSSR count). The molecule has 1 unspecified atom stereocenters. The number of Topliss-reactive ketones (excluding diaryl/α,β-unsaturated/α-hetero) is 1. The molecule has 1 amide bonds. The van der Waals surface area contributed by atoms with Crippen LogP contribution in [0.3, 0.4) is 0 Å². The van der Waals surface area contributed by atoms with Gasteiger partial charge in [0.25, 0.3) is 5.78 Å². The first-order chi connectivity index (χ1) is 14.9. The summed E-state index contributed by atoms with van der Waals surface area (Å²) in [6.45, 7) is 0. The van der Waals surface area contributed by atoms with Gasteiger partial charge in [0.1, 0.15) is 11.8 Å². The van der Waals surface area contributed by atoms with Gasteiger partial charge in [0.05, 0.1) is 15.8 Å². The molecule has 154 valence electrons. The molecular formula is C22H12Cl2N2O3S2. The van der Waals surface area contributed by atoms with Gasteiger partial charge in [-0.15, -0.1) is 11.3 Å². The summed E-state index contributed by atoms with van der Waals surface area (Å²) in [6, 6.07) is 14.6. The molecule has 5 nitrogen and oxygen atoms in total. The van der Waals surface area contributed by atoms with Crippen molar-refractivity contribution in [3.05, 3.63) is 86.0 Å². The van der Waals surface area contributed by atoms with Crippen LogP contribution in [0.2, 0.25) is 10.0 Å². The normalized spacial score (nSPS) is 18.3. The van der Waals surface area contributed by atoms with Crippen LogP contribution in [0.15, 0.2) is 65.6 Å². The number of nitrogens with zero attached hydrogens (tertiary/aromatic N) is 2. The van der Waals surface area contributed by atoms with E-state index in [1.807, 2.05) is 17.5 Å². The zero-order valence-electron chi connectivity index (χ0n) is 15.6. The van der Waals surface area contributed by atoms with Crippen molar-refractivity contribution in [3.63, 3.8) is 0 Å². The molecule has 1 aliphatic rings. The Labute approximate surface area is 194 Å². The number of halogens is 2. The van der Waals surface area contributed by atoms with Gasteiger partial charge in [0.15, 0.2) is 5.13 Å². The van der Waals surface area contributed by atoms with Crippen molar-refractivity contribution in [1.82, 2.24) is 4.98 Å². The molecule has 2 aromatic heterocycles. The standard InChI is InChI=1S/C22H12Cl2N2O3S2/c23-12-4-1-3-11(9-12)19(27)17-18(15-5-2-8-30-15)26(21(29)20(17)28)22-25-14-7-6-13(24)10-16(14)31-22/h1-10,18,27H/b19-17+. The maximum atomic E-state index is 13.1.